The van der Waals surface area contributed by atoms with Gasteiger partial charge >= 0.3 is 18.1 Å². The van der Waals surface area contributed by atoms with E-state index < -0.39 is 18.1 Å². The van der Waals surface area contributed by atoms with Crippen LogP contribution >= 0.6 is 0 Å². The number of carbonyl (C=O) groups is 3. The van der Waals surface area contributed by atoms with Crippen LogP contribution in [-0.2, 0) is 0 Å². The fourth-order valence-electron chi connectivity index (χ4n) is 1.18. The first-order valence-electron chi connectivity index (χ1n) is 4.57. The van der Waals surface area contributed by atoms with Crippen LogP contribution in [0, 0.1) is 0 Å². The lowest BCUT2D eigenvalue weighted by molar-refractivity contribution is 0.191. The van der Waals surface area contributed by atoms with Crippen molar-refractivity contribution in [2.45, 2.75) is 0 Å². The van der Waals surface area contributed by atoms with Crippen LogP contribution in [0.5, 0.6) is 0 Å². The number of likely N-dealkylation sites (N-methyl/N-ethyl adjacent to an activating group) is 1. The first kappa shape index (κ1) is 12.0. The molecule has 0 saturated carbocycles. The molecule has 1 aliphatic heterocycles. The first-order valence-corrected chi connectivity index (χ1v) is 4.57. The number of hydrogen-bond donors (Lipinski definition) is 2. The second-order valence-corrected chi connectivity index (χ2v) is 3.07. The molecule has 8 heteroatoms. The Kier molecular flexibility index (Phi) is 3.44. The SMILES string of the molecule is CNC(=O)/N=C1/CN(C(=O)NC)C(=O)N1C. The molecule has 0 atom stereocenters. The fraction of sp³-hybridized carbons (Fsp3) is 0.500. The largest absolute Gasteiger partial charge is 0.342 e. The monoisotopic (exact) mass is 227 g/mol. The standard InChI is InChI=1S/C8H13N5O3/c1-9-6(14)11-5-4-13(7(15)10-2)8(16)12(5)3/h4H2,1-3H3,(H,9,14)(H,10,15)/b11-5-. The summed E-state index contributed by atoms with van der Waals surface area (Å²) in [6.45, 7) is -0.0115. The van der Waals surface area contributed by atoms with Crippen molar-refractivity contribution < 1.29 is 14.4 Å². The zero-order valence-corrected chi connectivity index (χ0v) is 9.27. The zero-order valence-electron chi connectivity index (χ0n) is 9.27. The molecule has 6 amide bonds. The summed E-state index contributed by atoms with van der Waals surface area (Å²) in [5.41, 5.74) is 0. The van der Waals surface area contributed by atoms with E-state index in [2.05, 4.69) is 15.6 Å². The van der Waals surface area contributed by atoms with Gasteiger partial charge in [0.25, 0.3) is 0 Å². The van der Waals surface area contributed by atoms with Gasteiger partial charge in [0.2, 0.25) is 0 Å². The highest BCUT2D eigenvalue weighted by Crippen LogP contribution is 2.09. The highest BCUT2D eigenvalue weighted by Gasteiger charge is 2.35. The Bertz CT molecular complexity index is 365. The van der Waals surface area contributed by atoms with E-state index in [0.717, 1.165) is 9.80 Å². The molecule has 0 aromatic carbocycles. The van der Waals surface area contributed by atoms with Crippen molar-refractivity contribution in [1.82, 2.24) is 20.4 Å². The molecule has 88 valence electrons. The predicted octanol–water partition coefficient (Wildman–Crippen LogP) is -0.569. The lowest BCUT2D eigenvalue weighted by Crippen LogP contribution is -2.40. The molecule has 0 radical (unpaired) electrons. The zero-order chi connectivity index (χ0) is 12.3. The van der Waals surface area contributed by atoms with Gasteiger partial charge < -0.3 is 10.6 Å². The number of carbonyl (C=O) groups excluding carboxylic acids is 3. The van der Waals surface area contributed by atoms with E-state index in [9.17, 15) is 14.4 Å². The Morgan fingerprint density at radius 1 is 1.31 bits per heavy atom. The van der Waals surface area contributed by atoms with E-state index in [-0.39, 0.29) is 12.4 Å². The number of nitrogens with one attached hydrogen (secondary N) is 2. The summed E-state index contributed by atoms with van der Waals surface area (Å²) in [6.07, 6.45) is 0. The van der Waals surface area contributed by atoms with Crippen molar-refractivity contribution >= 4 is 23.9 Å². The van der Waals surface area contributed by atoms with Gasteiger partial charge in [0.1, 0.15) is 5.84 Å². The summed E-state index contributed by atoms with van der Waals surface area (Å²) in [6, 6.07) is -1.60. The van der Waals surface area contributed by atoms with Crippen LogP contribution in [-0.4, -0.2) is 61.4 Å². The van der Waals surface area contributed by atoms with Gasteiger partial charge in [-0.25, -0.2) is 19.3 Å². The second kappa shape index (κ2) is 4.60. The molecule has 0 spiro atoms. The van der Waals surface area contributed by atoms with Gasteiger partial charge in [-0.05, 0) is 0 Å². The van der Waals surface area contributed by atoms with Crippen molar-refractivity contribution in [3.63, 3.8) is 0 Å². The molecule has 0 unspecified atom stereocenters. The molecule has 1 aliphatic rings. The highest BCUT2D eigenvalue weighted by atomic mass is 16.2. The topological polar surface area (TPSA) is 94.1 Å². The Balaban J connectivity index is 2.87. The predicted molar refractivity (Wildman–Crippen MR) is 56.2 cm³/mol. The summed E-state index contributed by atoms with van der Waals surface area (Å²) in [7, 11) is 4.30. The minimum atomic E-state index is -0.562. The summed E-state index contributed by atoms with van der Waals surface area (Å²) in [5, 5.41) is 4.63. The maximum Gasteiger partial charge on any atom is 0.342 e. The third-order valence-electron chi connectivity index (χ3n) is 2.11. The lowest BCUT2D eigenvalue weighted by Gasteiger charge is -2.11. The van der Waals surface area contributed by atoms with Gasteiger partial charge in [-0.2, -0.15) is 4.99 Å². The van der Waals surface area contributed by atoms with Crippen LogP contribution in [0.15, 0.2) is 4.99 Å². The number of nitrogens with zero attached hydrogens (tertiary/aromatic N) is 3. The molecule has 0 aromatic rings. The van der Waals surface area contributed by atoms with Crippen molar-refractivity contribution in [3.8, 4) is 0 Å². The first-order chi connectivity index (χ1) is 7.51. The Hall–Kier alpha value is -2.12. The summed E-state index contributed by atoms with van der Waals surface area (Å²) in [5.74, 6) is 0.230. The van der Waals surface area contributed by atoms with Crippen molar-refractivity contribution in [2.75, 3.05) is 27.7 Å². The molecule has 8 nitrogen and oxygen atoms in total. The third kappa shape index (κ3) is 2.10. The normalized spacial score (nSPS) is 17.9. The maximum atomic E-state index is 11.6. The molecular weight excluding hydrogens is 214 g/mol. The van der Waals surface area contributed by atoms with Crippen molar-refractivity contribution in [2.24, 2.45) is 4.99 Å². The van der Waals surface area contributed by atoms with Crippen LogP contribution < -0.4 is 10.6 Å². The summed E-state index contributed by atoms with van der Waals surface area (Å²) in [4.78, 5) is 39.6. The summed E-state index contributed by atoms with van der Waals surface area (Å²) < 4.78 is 0. The quantitative estimate of drug-likeness (QED) is 0.580. The number of urea groups is 3. The van der Waals surface area contributed by atoms with E-state index >= 15 is 0 Å². The van der Waals surface area contributed by atoms with Crippen molar-refractivity contribution in [3.05, 3.63) is 0 Å². The van der Waals surface area contributed by atoms with Gasteiger partial charge in [0.15, 0.2) is 0 Å². The number of amidine groups is 1. The molecule has 0 aliphatic carbocycles. The molecule has 16 heavy (non-hydrogen) atoms. The Morgan fingerprint density at radius 3 is 2.44 bits per heavy atom. The second-order valence-electron chi connectivity index (χ2n) is 3.07. The van der Waals surface area contributed by atoms with E-state index in [0.29, 0.717) is 0 Å². The third-order valence-corrected chi connectivity index (χ3v) is 2.11. The van der Waals surface area contributed by atoms with Gasteiger partial charge in [0, 0.05) is 21.1 Å². The molecule has 1 heterocycles. The number of imide groups is 1. The molecule has 1 saturated heterocycles. The molecular formula is C8H13N5O3. The van der Waals surface area contributed by atoms with Gasteiger partial charge in [0.05, 0.1) is 6.54 Å². The van der Waals surface area contributed by atoms with E-state index in [1.807, 2.05) is 0 Å². The number of rotatable bonds is 0. The number of amides is 6. The van der Waals surface area contributed by atoms with Crippen LogP contribution in [0.4, 0.5) is 14.4 Å². The average molecular weight is 227 g/mol. The molecule has 0 bridgehead atoms. The number of aliphatic imine (C=N–C) groups is 1. The number of hydrogen-bond acceptors (Lipinski definition) is 3. The van der Waals surface area contributed by atoms with Gasteiger partial charge in [-0.1, -0.05) is 0 Å². The van der Waals surface area contributed by atoms with Gasteiger partial charge in [-0.3, -0.25) is 4.90 Å². The van der Waals surface area contributed by atoms with Crippen molar-refractivity contribution in [1.29, 1.82) is 0 Å². The smallest absolute Gasteiger partial charge is 0.341 e. The molecule has 1 rings (SSSR count). The fourth-order valence-corrected chi connectivity index (χ4v) is 1.18. The van der Waals surface area contributed by atoms with Crippen LogP contribution in [0.2, 0.25) is 0 Å². The van der Waals surface area contributed by atoms with E-state index in [4.69, 9.17) is 0 Å². The van der Waals surface area contributed by atoms with Crippen LogP contribution in [0.1, 0.15) is 0 Å². The molecule has 0 aromatic heterocycles. The minimum Gasteiger partial charge on any atom is -0.341 e. The molecule has 1 fully saturated rings. The average Bonchev–Trinajstić information content (AvgIpc) is 2.56. The van der Waals surface area contributed by atoms with Crippen LogP contribution in [0.3, 0.4) is 0 Å². The van der Waals surface area contributed by atoms with E-state index in [1.54, 1.807) is 0 Å². The Labute approximate surface area is 92.3 Å². The molecule has 2 N–H and O–H groups in total. The highest BCUT2D eigenvalue weighted by molar-refractivity contribution is 6.13. The summed E-state index contributed by atoms with van der Waals surface area (Å²) >= 11 is 0. The van der Waals surface area contributed by atoms with E-state index in [1.165, 1.54) is 21.1 Å². The van der Waals surface area contributed by atoms with Gasteiger partial charge in [-0.15, -0.1) is 0 Å². The lowest BCUT2D eigenvalue weighted by atomic mass is 10.5. The Morgan fingerprint density at radius 2 is 1.94 bits per heavy atom. The minimum absolute atomic E-state index is 0.0115. The van der Waals surface area contributed by atoms with Crippen LogP contribution in [0.25, 0.3) is 0 Å². The maximum absolute atomic E-state index is 11.6.